The van der Waals surface area contributed by atoms with Gasteiger partial charge in [-0.15, -0.1) is 0 Å². The molecule has 0 amide bonds. The molecule has 17 heavy (non-hydrogen) atoms. The largest absolute Gasteiger partial charge is 0.393 e. The number of aryl methyl sites for hydroxylation is 2. The Morgan fingerprint density at radius 1 is 1.24 bits per heavy atom. The van der Waals surface area contributed by atoms with Crippen LogP contribution in [0.4, 0.5) is 5.95 Å². The Kier molecular flexibility index (Phi) is 3.94. The summed E-state index contributed by atoms with van der Waals surface area (Å²) in [6.45, 7) is 4.70. The minimum atomic E-state index is -0.165. The second kappa shape index (κ2) is 5.45. The molecule has 2 N–H and O–H groups in total. The van der Waals surface area contributed by atoms with Crippen LogP contribution >= 0.6 is 0 Å². The van der Waals surface area contributed by atoms with Crippen LogP contribution in [-0.4, -0.2) is 27.7 Å². The number of aliphatic hydroxyl groups is 1. The lowest BCUT2D eigenvalue weighted by atomic mass is 9.86. The van der Waals surface area contributed by atoms with E-state index in [9.17, 15) is 5.11 Å². The number of nitrogens with zero attached hydrogens (tertiary/aromatic N) is 2. The molecule has 1 aliphatic carbocycles. The molecule has 4 heteroatoms. The van der Waals surface area contributed by atoms with Gasteiger partial charge in [0.1, 0.15) is 0 Å². The van der Waals surface area contributed by atoms with Crippen LogP contribution in [0.15, 0.2) is 6.07 Å². The molecule has 1 aromatic rings. The molecule has 0 spiro atoms. The maximum absolute atomic E-state index is 9.88. The first kappa shape index (κ1) is 12.3. The van der Waals surface area contributed by atoms with E-state index in [1.807, 2.05) is 19.9 Å². The summed E-state index contributed by atoms with van der Waals surface area (Å²) >= 11 is 0. The molecule has 0 aromatic carbocycles. The summed E-state index contributed by atoms with van der Waals surface area (Å²) in [6, 6.07) is 1.96. The van der Waals surface area contributed by atoms with E-state index in [1.165, 1.54) is 6.42 Å². The van der Waals surface area contributed by atoms with Gasteiger partial charge in [0, 0.05) is 23.9 Å². The molecule has 2 unspecified atom stereocenters. The fraction of sp³-hybridized carbons (Fsp3) is 0.692. The lowest BCUT2D eigenvalue weighted by Crippen LogP contribution is -2.30. The molecule has 0 bridgehead atoms. The van der Waals surface area contributed by atoms with E-state index in [4.69, 9.17) is 0 Å². The smallest absolute Gasteiger partial charge is 0.223 e. The Bertz CT molecular complexity index is 361. The highest BCUT2D eigenvalue weighted by molar-refractivity contribution is 5.27. The standard InChI is InChI=1S/C13H21N3O/c1-9-7-10(2)16-13(15-9)14-8-11-5-3-4-6-12(11)17/h7,11-12,17H,3-6,8H2,1-2H3,(H,14,15,16). The molecule has 1 aliphatic rings. The second-order valence-corrected chi connectivity index (χ2v) is 4.97. The van der Waals surface area contributed by atoms with Crippen molar-refractivity contribution in [2.45, 2.75) is 45.6 Å². The highest BCUT2D eigenvalue weighted by atomic mass is 16.3. The first-order chi connectivity index (χ1) is 8.15. The van der Waals surface area contributed by atoms with E-state index in [0.717, 1.165) is 37.2 Å². The van der Waals surface area contributed by atoms with Crippen molar-refractivity contribution in [1.29, 1.82) is 0 Å². The van der Waals surface area contributed by atoms with Crippen molar-refractivity contribution in [1.82, 2.24) is 9.97 Å². The summed E-state index contributed by atoms with van der Waals surface area (Å²) in [4.78, 5) is 8.68. The average molecular weight is 235 g/mol. The van der Waals surface area contributed by atoms with Crippen molar-refractivity contribution in [2.24, 2.45) is 5.92 Å². The van der Waals surface area contributed by atoms with Crippen LogP contribution in [0.5, 0.6) is 0 Å². The highest BCUT2D eigenvalue weighted by Gasteiger charge is 2.22. The minimum absolute atomic E-state index is 0.165. The Balaban J connectivity index is 1.92. The van der Waals surface area contributed by atoms with Crippen molar-refractivity contribution < 1.29 is 5.11 Å². The topological polar surface area (TPSA) is 58.0 Å². The van der Waals surface area contributed by atoms with Gasteiger partial charge in [-0.25, -0.2) is 9.97 Å². The number of aromatic nitrogens is 2. The van der Waals surface area contributed by atoms with E-state index in [-0.39, 0.29) is 6.10 Å². The summed E-state index contributed by atoms with van der Waals surface area (Å²) in [7, 11) is 0. The average Bonchev–Trinajstić information content (AvgIpc) is 2.27. The molecular formula is C13H21N3O. The molecule has 2 atom stereocenters. The first-order valence-electron chi connectivity index (χ1n) is 6.39. The normalized spacial score (nSPS) is 24.6. The van der Waals surface area contributed by atoms with Crippen LogP contribution < -0.4 is 5.32 Å². The van der Waals surface area contributed by atoms with Gasteiger partial charge >= 0.3 is 0 Å². The highest BCUT2D eigenvalue weighted by Crippen LogP contribution is 2.24. The van der Waals surface area contributed by atoms with Gasteiger partial charge in [-0.05, 0) is 32.8 Å². The Labute approximate surface area is 102 Å². The van der Waals surface area contributed by atoms with Gasteiger partial charge in [-0.2, -0.15) is 0 Å². The molecule has 2 rings (SSSR count). The van der Waals surface area contributed by atoms with E-state index >= 15 is 0 Å². The van der Waals surface area contributed by atoms with Gasteiger partial charge in [0.05, 0.1) is 6.10 Å². The van der Waals surface area contributed by atoms with Gasteiger partial charge in [0.15, 0.2) is 0 Å². The Morgan fingerprint density at radius 2 is 1.88 bits per heavy atom. The molecular weight excluding hydrogens is 214 g/mol. The van der Waals surface area contributed by atoms with Gasteiger partial charge < -0.3 is 10.4 Å². The molecule has 0 saturated heterocycles. The molecule has 1 fully saturated rings. The number of nitrogens with one attached hydrogen (secondary N) is 1. The number of anilines is 1. The van der Waals surface area contributed by atoms with E-state index in [0.29, 0.717) is 11.9 Å². The van der Waals surface area contributed by atoms with Gasteiger partial charge in [-0.1, -0.05) is 12.8 Å². The quantitative estimate of drug-likeness (QED) is 0.842. The third-order valence-electron chi connectivity index (χ3n) is 3.37. The zero-order chi connectivity index (χ0) is 12.3. The number of hydrogen-bond acceptors (Lipinski definition) is 4. The fourth-order valence-corrected chi connectivity index (χ4v) is 2.45. The Morgan fingerprint density at radius 3 is 2.53 bits per heavy atom. The predicted octanol–water partition coefficient (Wildman–Crippen LogP) is 2.06. The van der Waals surface area contributed by atoms with Crippen LogP contribution in [0.1, 0.15) is 37.1 Å². The summed E-state index contributed by atoms with van der Waals surface area (Å²) < 4.78 is 0. The molecule has 1 aromatic heterocycles. The zero-order valence-corrected chi connectivity index (χ0v) is 10.6. The third-order valence-corrected chi connectivity index (χ3v) is 3.37. The fourth-order valence-electron chi connectivity index (χ4n) is 2.45. The molecule has 0 aliphatic heterocycles. The van der Waals surface area contributed by atoms with Crippen molar-refractivity contribution in [2.75, 3.05) is 11.9 Å². The van der Waals surface area contributed by atoms with Crippen LogP contribution in [0, 0.1) is 19.8 Å². The zero-order valence-electron chi connectivity index (χ0n) is 10.6. The maximum atomic E-state index is 9.88. The van der Waals surface area contributed by atoms with E-state index < -0.39 is 0 Å². The molecule has 94 valence electrons. The van der Waals surface area contributed by atoms with E-state index in [1.54, 1.807) is 0 Å². The number of hydrogen-bond donors (Lipinski definition) is 2. The van der Waals surface area contributed by atoms with Crippen LogP contribution in [0.2, 0.25) is 0 Å². The summed E-state index contributed by atoms with van der Waals surface area (Å²) in [5.74, 6) is 1.02. The van der Waals surface area contributed by atoms with Crippen LogP contribution in [-0.2, 0) is 0 Å². The van der Waals surface area contributed by atoms with E-state index in [2.05, 4.69) is 15.3 Å². The number of aliphatic hydroxyl groups excluding tert-OH is 1. The summed E-state index contributed by atoms with van der Waals surface area (Å²) in [5, 5.41) is 13.1. The van der Waals surface area contributed by atoms with Gasteiger partial charge in [0.25, 0.3) is 0 Å². The lowest BCUT2D eigenvalue weighted by Gasteiger charge is -2.27. The maximum Gasteiger partial charge on any atom is 0.223 e. The molecule has 1 saturated carbocycles. The second-order valence-electron chi connectivity index (χ2n) is 4.97. The summed E-state index contributed by atoms with van der Waals surface area (Å²) in [5.41, 5.74) is 1.95. The molecule has 4 nitrogen and oxygen atoms in total. The van der Waals surface area contributed by atoms with Crippen molar-refractivity contribution in [3.63, 3.8) is 0 Å². The SMILES string of the molecule is Cc1cc(C)nc(NCC2CCCCC2O)n1. The van der Waals surface area contributed by atoms with Crippen molar-refractivity contribution >= 4 is 5.95 Å². The van der Waals surface area contributed by atoms with Crippen LogP contribution in [0.25, 0.3) is 0 Å². The van der Waals surface area contributed by atoms with Crippen LogP contribution in [0.3, 0.4) is 0 Å². The van der Waals surface area contributed by atoms with Gasteiger partial charge in [0.2, 0.25) is 5.95 Å². The minimum Gasteiger partial charge on any atom is -0.393 e. The monoisotopic (exact) mass is 235 g/mol. The number of rotatable bonds is 3. The lowest BCUT2D eigenvalue weighted by molar-refractivity contribution is 0.0762. The van der Waals surface area contributed by atoms with Gasteiger partial charge in [-0.3, -0.25) is 0 Å². The van der Waals surface area contributed by atoms with Crippen molar-refractivity contribution in [3.8, 4) is 0 Å². The first-order valence-corrected chi connectivity index (χ1v) is 6.39. The molecule has 1 heterocycles. The predicted molar refractivity (Wildman–Crippen MR) is 68.0 cm³/mol. The molecule has 0 radical (unpaired) electrons. The third kappa shape index (κ3) is 3.40. The van der Waals surface area contributed by atoms with Crippen molar-refractivity contribution in [3.05, 3.63) is 17.5 Å². The summed E-state index contributed by atoms with van der Waals surface area (Å²) in [6.07, 6.45) is 4.23. The Hall–Kier alpha value is -1.16.